The van der Waals surface area contributed by atoms with Gasteiger partial charge >= 0.3 is 0 Å². The lowest BCUT2D eigenvalue weighted by Gasteiger charge is -2.32. The van der Waals surface area contributed by atoms with Crippen molar-refractivity contribution >= 4 is 5.91 Å². The number of hydrogen-bond donors (Lipinski definition) is 1. The van der Waals surface area contributed by atoms with Crippen LogP contribution in [0.5, 0.6) is 0 Å². The molecule has 1 N–H and O–H groups in total. The molecule has 4 aliphatic heterocycles. The molecule has 4 fully saturated rings. The van der Waals surface area contributed by atoms with Crippen LogP contribution in [0.2, 0.25) is 0 Å². The van der Waals surface area contributed by atoms with E-state index in [1.54, 1.807) is 0 Å². The van der Waals surface area contributed by atoms with Crippen molar-refractivity contribution in [2.45, 2.75) is 82.8 Å². The smallest absolute Gasteiger partial charge is 0.220 e. The fourth-order valence-corrected chi connectivity index (χ4v) is 4.15. The molecule has 0 aromatic heterocycles. The van der Waals surface area contributed by atoms with Crippen LogP contribution in [0.4, 0.5) is 0 Å². The summed E-state index contributed by atoms with van der Waals surface area (Å²) in [6.07, 6.45) is 0.298. The molecule has 7 nitrogen and oxygen atoms in total. The first-order valence-electron chi connectivity index (χ1n) is 8.36. The summed E-state index contributed by atoms with van der Waals surface area (Å²) in [5.74, 6) is -1.21. The molecule has 4 rings (SSSR count). The molecule has 0 saturated carbocycles. The number of hydrogen-bond acceptors (Lipinski definition) is 6. The van der Waals surface area contributed by atoms with Gasteiger partial charge in [-0.1, -0.05) is 0 Å². The van der Waals surface area contributed by atoms with E-state index in [4.69, 9.17) is 23.7 Å². The van der Waals surface area contributed by atoms with Gasteiger partial charge < -0.3 is 29.0 Å². The third-order valence-electron chi connectivity index (χ3n) is 5.03. The maximum absolute atomic E-state index is 11.7. The summed E-state index contributed by atoms with van der Waals surface area (Å²) in [5, 5.41) is 3.06. The Hall–Kier alpha value is -0.730. The van der Waals surface area contributed by atoms with Crippen LogP contribution in [0, 0.1) is 5.92 Å². The Balaban J connectivity index is 1.57. The SMILES string of the molecule is CC1(C)O[C@H]2O[C@H]([C@H]3COC(C)(C)O3)[C@@H]([C@@H]3CCC(=O)N3)[C@H]2O1. The molecule has 0 bridgehead atoms. The fraction of sp³-hybridized carbons (Fsp3) is 0.938. The Labute approximate surface area is 135 Å². The molecular formula is C16H25NO6. The van der Waals surface area contributed by atoms with Crippen LogP contribution in [-0.4, -0.2) is 54.7 Å². The van der Waals surface area contributed by atoms with E-state index < -0.39 is 17.9 Å². The fourth-order valence-electron chi connectivity index (χ4n) is 4.15. The second kappa shape index (κ2) is 5.13. The van der Waals surface area contributed by atoms with Gasteiger partial charge in [0, 0.05) is 18.4 Å². The zero-order valence-corrected chi connectivity index (χ0v) is 14.0. The molecule has 1 amide bonds. The average molecular weight is 327 g/mol. The lowest BCUT2D eigenvalue weighted by Crippen LogP contribution is -2.48. The highest BCUT2D eigenvalue weighted by Crippen LogP contribution is 2.46. The average Bonchev–Trinajstić information content (AvgIpc) is 3.12. The van der Waals surface area contributed by atoms with E-state index >= 15 is 0 Å². The maximum atomic E-state index is 11.7. The Morgan fingerprint density at radius 3 is 2.43 bits per heavy atom. The zero-order valence-electron chi connectivity index (χ0n) is 14.0. The molecule has 0 aromatic rings. The molecule has 4 saturated heterocycles. The number of rotatable bonds is 2. The molecule has 4 heterocycles. The summed E-state index contributed by atoms with van der Waals surface area (Å²) in [6.45, 7) is 8.02. The van der Waals surface area contributed by atoms with E-state index in [2.05, 4.69) is 5.32 Å². The molecule has 0 aliphatic carbocycles. The normalized spacial score (nSPS) is 47.7. The van der Waals surface area contributed by atoms with Crippen molar-refractivity contribution in [2.24, 2.45) is 5.92 Å². The van der Waals surface area contributed by atoms with E-state index in [1.165, 1.54) is 0 Å². The number of amides is 1. The highest BCUT2D eigenvalue weighted by atomic mass is 16.8. The van der Waals surface area contributed by atoms with Crippen LogP contribution < -0.4 is 5.32 Å². The van der Waals surface area contributed by atoms with Gasteiger partial charge in [-0.3, -0.25) is 4.79 Å². The molecule has 7 heteroatoms. The van der Waals surface area contributed by atoms with E-state index in [1.807, 2.05) is 27.7 Å². The molecule has 6 atom stereocenters. The van der Waals surface area contributed by atoms with E-state index in [0.29, 0.717) is 13.0 Å². The van der Waals surface area contributed by atoms with Gasteiger partial charge in [0.25, 0.3) is 0 Å². The second-order valence-corrected chi connectivity index (χ2v) is 7.73. The number of carbonyl (C=O) groups is 1. The minimum absolute atomic E-state index is 0.00396. The van der Waals surface area contributed by atoms with Crippen LogP contribution >= 0.6 is 0 Å². The quantitative estimate of drug-likeness (QED) is 0.812. The summed E-state index contributed by atoms with van der Waals surface area (Å²) in [5.41, 5.74) is 0. The molecule has 130 valence electrons. The van der Waals surface area contributed by atoms with Gasteiger partial charge in [0.05, 0.1) is 12.7 Å². The van der Waals surface area contributed by atoms with Gasteiger partial charge in [-0.2, -0.15) is 0 Å². The number of ether oxygens (including phenoxy) is 5. The molecule has 23 heavy (non-hydrogen) atoms. The van der Waals surface area contributed by atoms with Crippen molar-refractivity contribution in [3.8, 4) is 0 Å². The molecule has 0 radical (unpaired) electrons. The molecular weight excluding hydrogens is 302 g/mol. The number of nitrogens with one attached hydrogen (secondary N) is 1. The number of fused-ring (bicyclic) bond motifs is 1. The van der Waals surface area contributed by atoms with Crippen molar-refractivity contribution < 1.29 is 28.5 Å². The first-order chi connectivity index (χ1) is 10.7. The standard InChI is InChI=1S/C16H25NO6/c1-15(2)19-7-9(21-15)12-11(8-5-6-10(18)17-8)13-14(20-12)23-16(3,4)22-13/h8-9,11-14H,5-7H2,1-4H3,(H,17,18)/t8-,9+,11+,12+,13+,14+/m0/s1. The van der Waals surface area contributed by atoms with Crippen LogP contribution in [-0.2, 0) is 28.5 Å². The van der Waals surface area contributed by atoms with Gasteiger partial charge in [-0.25, -0.2) is 0 Å². The highest BCUT2D eigenvalue weighted by molar-refractivity contribution is 5.78. The summed E-state index contributed by atoms with van der Waals surface area (Å²) in [7, 11) is 0. The van der Waals surface area contributed by atoms with E-state index in [9.17, 15) is 4.79 Å². The largest absolute Gasteiger partial charge is 0.353 e. The predicted octanol–water partition coefficient (Wildman–Crippen LogP) is 0.909. The first kappa shape index (κ1) is 15.8. The van der Waals surface area contributed by atoms with Crippen LogP contribution in [0.3, 0.4) is 0 Å². The minimum Gasteiger partial charge on any atom is -0.353 e. The molecule has 0 spiro atoms. The summed E-state index contributed by atoms with van der Waals surface area (Å²) in [4.78, 5) is 11.7. The predicted molar refractivity (Wildman–Crippen MR) is 78.3 cm³/mol. The lowest BCUT2D eigenvalue weighted by molar-refractivity contribution is -0.228. The van der Waals surface area contributed by atoms with Crippen LogP contribution in [0.25, 0.3) is 0 Å². The van der Waals surface area contributed by atoms with Crippen molar-refractivity contribution in [3.63, 3.8) is 0 Å². The van der Waals surface area contributed by atoms with E-state index in [-0.39, 0.29) is 36.2 Å². The second-order valence-electron chi connectivity index (χ2n) is 7.73. The van der Waals surface area contributed by atoms with Gasteiger partial charge in [-0.15, -0.1) is 0 Å². The van der Waals surface area contributed by atoms with Crippen molar-refractivity contribution in [1.82, 2.24) is 5.32 Å². The summed E-state index contributed by atoms with van der Waals surface area (Å²) >= 11 is 0. The molecule has 0 aromatic carbocycles. The number of carbonyl (C=O) groups excluding carboxylic acids is 1. The van der Waals surface area contributed by atoms with Gasteiger partial charge in [0.1, 0.15) is 12.2 Å². The first-order valence-corrected chi connectivity index (χ1v) is 8.36. The Morgan fingerprint density at radius 1 is 1.04 bits per heavy atom. The highest BCUT2D eigenvalue weighted by Gasteiger charge is 2.60. The van der Waals surface area contributed by atoms with Crippen molar-refractivity contribution in [1.29, 1.82) is 0 Å². The van der Waals surface area contributed by atoms with Gasteiger partial charge in [0.15, 0.2) is 17.9 Å². The third-order valence-corrected chi connectivity index (χ3v) is 5.03. The van der Waals surface area contributed by atoms with Crippen molar-refractivity contribution in [3.05, 3.63) is 0 Å². The Kier molecular flexibility index (Phi) is 3.52. The Morgan fingerprint density at radius 2 is 1.83 bits per heavy atom. The lowest BCUT2D eigenvalue weighted by atomic mass is 9.86. The monoisotopic (exact) mass is 327 g/mol. The minimum atomic E-state index is -0.673. The van der Waals surface area contributed by atoms with Crippen LogP contribution in [0.1, 0.15) is 40.5 Å². The van der Waals surface area contributed by atoms with Crippen LogP contribution in [0.15, 0.2) is 0 Å². The Bertz CT molecular complexity index is 507. The summed E-state index contributed by atoms with van der Waals surface area (Å²) in [6, 6.07) is 0.0207. The zero-order chi connectivity index (χ0) is 16.4. The maximum Gasteiger partial charge on any atom is 0.220 e. The van der Waals surface area contributed by atoms with Gasteiger partial charge in [-0.05, 0) is 34.1 Å². The topological polar surface area (TPSA) is 75.2 Å². The van der Waals surface area contributed by atoms with Gasteiger partial charge in [0.2, 0.25) is 5.91 Å². The van der Waals surface area contributed by atoms with E-state index in [0.717, 1.165) is 6.42 Å². The summed E-state index contributed by atoms with van der Waals surface area (Å²) < 4.78 is 29.8. The molecule has 4 aliphatic rings. The third kappa shape index (κ3) is 2.78. The van der Waals surface area contributed by atoms with Crippen molar-refractivity contribution in [2.75, 3.05) is 6.61 Å². The molecule has 0 unspecified atom stereocenters.